The van der Waals surface area contributed by atoms with Crippen molar-refractivity contribution in [2.24, 2.45) is 5.92 Å². The molecular formula is C16H19BrOS. The molecule has 19 heavy (non-hydrogen) atoms. The van der Waals surface area contributed by atoms with E-state index in [1.807, 2.05) is 29.6 Å². The van der Waals surface area contributed by atoms with Crippen molar-refractivity contribution in [3.8, 4) is 0 Å². The molecule has 0 fully saturated rings. The molecule has 3 atom stereocenters. The van der Waals surface area contributed by atoms with Gasteiger partial charge < -0.3 is 5.11 Å². The standard InChI is InChI=1S/C16H19BrOS/c1-3-11(2)14(12-7-5-4-6-8-12)15(18)16-13(17)9-10-19-16/h4-11,14-15,18H,3H2,1-2H3. The van der Waals surface area contributed by atoms with Crippen LogP contribution >= 0.6 is 27.3 Å². The first-order valence-electron chi connectivity index (χ1n) is 6.61. The molecule has 0 radical (unpaired) electrons. The van der Waals surface area contributed by atoms with Crippen LogP contribution in [-0.4, -0.2) is 5.11 Å². The molecule has 1 aromatic carbocycles. The average Bonchev–Trinajstić information content (AvgIpc) is 2.86. The van der Waals surface area contributed by atoms with Gasteiger partial charge in [-0.1, -0.05) is 50.6 Å². The van der Waals surface area contributed by atoms with E-state index in [1.165, 1.54) is 5.56 Å². The van der Waals surface area contributed by atoms with Crippen LogP contribution in [0.1, 0.15) is 42.7 Å². The van der Waals surface area contributed by atoms with Crippen LogP contribution in [0.5, 0.6) is 0 Å². The van der Waals surface area contributed by atoms with Crippen LogP contribution in [0, 0.1) is 5.92 Å². The monoisotopic (exact) mass is 338 g/mol. The zero-order valence-electron chi connectivity index (χ0n) is 11.2. The first kappa shape index (κ1) is 14.8. The van der Waals surface area contributed by atoms with Gasteiger partial charge in [0.2, 0.25) is 0 Å². The van der Waals surface area contributed by atoms with E-state index in [0.717, 1.165) is 15.8 Å². The third-order valence-electron chi connectivity index (χ3n) is 3.70. The second kappa shape index (κ2) is 6.69. The molecule has 0 bridgehead atoms. The van der Waals surface area contributed by atoms with E-state index in [0.29, 0.717) is 5.92 Å². The Kier molecular flexibility index (Phi) is 5.20. The van der Waals surface area contributed by atoms with Gasteiger partial charge in [0.05, 0.1) is 6.10 Å². The number of rotatable bonds is 5. The Morgan fingerprint density at radius 2 is 1.89 bits per heavy atom. The SMILES string of the molecule is CCC(C)C(c1ccccc1)C(O)c1sccc1Br. The van der Waals surface area contributed by atoms with Gasteiger partial charge in [0.25, 0.3) is 0 Å². The van der Waals surface area contributed by atoms with Crippen LogP contribution in [-0.2, 0) is 0 Å². The molecule has 0 saturated heterocycles. The molecule has 3 unspecified atom stereocenters. The average molecular weight is 339 g/mol. The molecule has 0 spiro atoms. The fourth-order valence-corrected chi connectivity index (χ4v) is 4.07. The minimum atomic E-state index is -0.452. The Morgan fingerprint density at radius 1 is 1.21 bits per heavy atom. The van der Waals surface area contributed by atoms with Crippen LogP contribution in [0.4, 0.5) is 0 Å². The van der Waals surface area contributed by atoms with Crippen LogP contribution < -0.4 is 0 Å². The Bertz CT molecular complexity index is 508. The van der Waals surface area contributed by atoms with Crippen molar-refractivity contribution < 1.29 is 5.11 Å². The van der Waals surface area contributed by atoms with Gasteiger partial charge in [0.15, 0.2) is 0 Å². The molecule has 0 saturated carbocycles. The minimum Gasteiger partial charge on any atom is -0.387 e. The summed E-state index contributed by atoms with van der Waals surface area (Å²) in [6, 6.07) is 12.3. The molecule has 1 heterocycles. The summed E-state index contributed by atoms with van der Waals surface area (Å²) in [5.41, 5.74) is 1.21. The topological polar surface area (TPSA) is 20.2 Å². The Labute approximate surface area is 127 Å². The number of thiophene rings is 1. The van der Waals surface area contributed by atoms with Gasteiger partial charge in [-0.15, -0.1) is 11.3 Å². The lowest BCUT2D eigenvalue weighted by Crippen LogP contribution is -2.17. The summed E-state index contributed by atoms with van der Waals surface area (Å²) in [5, 5.41) is 12.8. The maximum absolute atomic E-state index is 10.8. The second-order valence-corrected chi connectivity index (χ2v) is 6.70. The fraction of sp³-hybridized carbons (Fsp3) is 0.375. The summed E-state index contributed by atoms with van der Waals surface area (Å²) in [6.45, 7) is 4.39. The normalized spacial score (nSPS) is 16.0. The quantitative estimate of drug-likeness (QED) is 0.776. The van der Waals surface area contributed by atoms with Crippen molar-refractivity contribution in [3.05, 3.63) is 56.7 Å². The van der Waals surface area contributed by atoms with Gasteiger partial charge in [-0.05, 0) is 38.9 Å². The zero-order chi connectivity index (χ0) is 13.8. The van der Waals surface area contributed by atoms with E-state index < -0.39 is 6.10 Å². The van der Waals surface area contributed by atoms with Gasteiger partial charge in [0.1, 0.15) is 0 Å². The highest BCUT2D eigenvalue weighted by molar-refractivity contribution is 9.10. The van der Waals surface area contributed by atoms with Gasteiger partial charge in [-0.2, -0.15) is 0 Å². The van der Waals surface area contributed by atoms with E-state index >= 15 is 0 Å². The number of aliphatic hydroxyl groups excluding tert-OH is 1. The van der Waals surface area contributed by atoms with E-state index in [9.17, 15) is 5.11 Å². The summed E-state index contributed by atoms with van der Waals surface area (Å²) in [7, 11) is 0. The third-order valence-corrected chi connectivity index (χ3v) is 5.64. The first-order valence-corrected chi connectivity index (χ1v) is 8.28. The molecule has 102 valence electrons. The molecule has 1 aromatic heterocycles. The van der Waals surface area contributed by atoms with Crippen molar-refractivity contribution >= 4 is 27.3 Å². The van der Waals surface area contributed by atoms with E-state index in [2.05, 4.69) is 41.9 Å². The maximum atomic E-state index is 10.8. The number of benzene rings is 1. The lowest BCUT2D eigenvalue weighted by atomic mass is 9.81. The Hall–Kier alpha value is -0.640. The molecule has 2 rings (SSSR count). The molecule has 1 nitrogen and oxygen atoms in total. The molecule has 3 heteroatoms. The van der Waals surface area contributed by atoms with E-state index in [-0.39, 0.29) is 5.92 Å². The van der Waals surface area contributed by atoms with E-state index in [4.69, 9.17) is 0 Å². The van der Waals surface area contributed by atoms with Gasteiger partial charge in [-0.25, -0.2) is 0 Å². The van der Waals surface area contributed by atoms with Crippen molar-refractivity contribution in [1.82, 2.24) is 0 Å². The zero-order valence-corrected chi connectivity index (χ0v) is 13.6. The fourth-order valence-electron chi connectivity index (χ4n) is 2.43. The van der Waals surface area contributed by atoms with Gasteiger partial charge >= 0.3 is 0 Å². The summed E-state index contributed by atoms with van der Waals surface area (Å²) in [4.78, 5) is 1.02. The summed E-state index contributed by atoms with van der Waals surface area (Å²) in [5.74, 6) is 0.576. The summed E-state index contributed by atoms with van der Waals surface area (Å²) < 4.78 is 1.01. The van der Waals surface area contributed by atoms with E-state index in [1.54, 1.807) is 11.3 Å². The van der Waals surface area contributed by atoms with Crippen LogP contribution in [0.3, 0.4) is 0 Å². The smallest absolute Gasteiger partial charge is 0.0964 e. The Balaban J connectivity index is 2.36. The van der Waals surface area contributed by atoms with Crippen molar-refractivity contribution in [1.29, 1.82) is 0 Å². The molecule has 2 aromatic rings. The summed E-state index contributed by atoms with van der Waals surface area (Å²) >= 11 is 5.14. The summed E-state index contributed by atoms with van der Waals surface area (Å²) in [6.07, 6.45) is 0.603. The van der Waals surface area contributed by atoms with Crippen LogP contribution in [0.25, 0.3) is 0 Å². The molecule has 0 aliphatic carbocycles. The number of halogens is 1. The third kappa shape index (κ3) is 3.28. The predicted molar refractivity (Wildman–Crippen MR) is 85.6 cm³/mol. The number of hydrogen-bond donors (Lipinski definition) is 1. The molecule has 1 N–H and O–H groups in total. The van der Waals surface area contributed by atoms with Crippen LogP contribution in [0.15, 0.2) is 46.3 Å². The van der Waals surface area contributed by atoms with Gasteiger partial charge in [-0.3, -0.25) is 0 Å². The Morgan fingerprint density at radius 3 is 2.42 bits per heavy atom. The van der Waals surface area contributed by atoms with Crippen molar-refractivity contribution in [2.75, 3.05) is 0 Å². The molecule has 0 amide bonds. The molecule has 0 aliphatic heterocycles. The lowest BCUT2D eigenvalue weighted by Gasteiger charge is -2.28. The van der Waals surface area contributed by atoms with Crippen LogP contribution in [0.2, 0.25) is 0 Å². The predicted octanol–water partition coefficient (Wildman–Crippen LogP) is 5.37. The lowest BCUT2D eigenvalue weighted by molar-refractivity contribution is 0.120. The van der Waals surface area contributed by atoms with Crippen molar-refractivity contribution in [2.45, 2.75) is 32.3 Å². The minimum absolute atomic E-state index is 0.140. The first-order chi connectivity index (χ1) is 9.15. The highest BCUT2D eigenvalue weighted by Gasteiger charge is 2.29. The number of hydrogen-bond acceptors (Lipinski definition) is 2. The second-order valence-electron chi connectivity index (χ2n) is 4.90. The number of aliphatic hydroxyl groups is 1. The molecule has 0 aliphatic rings. The maximum Gasteiger partial charge on any atom is 0.0964 e. The highest BCUT2D eigenvalue weighted by Crippen LogP contribution is 2.42. The van der Waals surface area contributed by atoms with Gasteiger partial charge in [0, 0.05) is 15.3 Å². The molecular weight excluding hydrogens is 320 g/mol. The largest absolute Gasteiger partial charge is 0.387 e. The highest BCUT2D eigenvalue weighted by atomic mass is 79.9. The van der Waals surface area contributed by atoms with Crippen molar-refractivity contribution in [3.63, 3.8) is 0 Å².